The first kappa shape index (κ1) is 17.7. The second kappa shape index (κ2) is 6.33. The fourth-order valence-corrected chi connectivity index (χ4v) is 4.11. The highest BCUT2D eigenvalue weighted by Gasteiger charge is 2.32. The van der Waals surface area contributed by atoms with Gasteiger partial charge < -0.3 is 8.82 Å². The topological polar surface area (TPSA) is 76.2 Å². The second-order valence-corrected chi connectivity index (χ2v) is 7.35. The predicted octanol–water partition coefficient (Wildman–Crippen LogP) is 3.61. The van der Waals surface area contributed by atoms with Crippen LogP contribution in [-0.4, -0.2) is 19.6 Å². The molecule has 1 aliphatic rings. The molecule has 2 atom stereocenters. The van der Waals surface area contributed by atoms with E-state index in [-0.39, 0.29) is 23.3 Å². The third kappa shape index (κ3) is 2.84. The van der Waals surface area contributed by atoms with Gasteiger partial charge in [-0.05, 0) is 48.4 Å². The molecule has 0 bridgehead atoms. The molecule has 1 aromatic carbocycles. The number of H-pyrrole nitrogens is 1. The molecule has 148 valence electrons. The molecule has 29 heavy (non-hydrogen) atoms. The monoisotopic (exact) mass is 400 g/mol. The highest BCUT2D eigenvalue weighted by atomic mass is 19.2. The highest BCUT2D eigenvalue weighted by Crippen LogP contribution is 2.38. The average Bonchev–Trinajstić information content (AvgIpc) is 3.27. The van der Waals surface area contributed by atoms with E-state index in [0.717, 1.165) is 17.5 Å². The first-order valence-electron chi connectivity index (χ1n) is 9.11. The van der Waals surface area contributed by atoms with E-state index in [2.05, 4.69) is 15.2 Å². The molecule has 6 nitrogen and oxygen atoms in total. The van der Waals surface area contributed by atoms with Crippen LogP contribution in [0.25, 0.3) is 17.1 Å². The minimum absolute atomic E-state index is 0.00537. The third-order valence-corrected chi connectivity index (χ3v) is 5.55. The minimum Gasteiger partial charge on any atom is -0.388 e. The summed E-state index contributed by atoms with van der Waals surface area (Å²) in [5.74, 6) is -3.79. The molecular weight excluding hydrogens is 385 g/mol. The summed E-state index contributed by atoms with van der Waals surface area (Å²) in [6.07, 6.45) is 2.83. The molecule has 2 unspecified atom stereocenters. The Labute approximate surface area is 162 Å². The van der Waals surface area contributed by atoms with Crippen LogP contribution in [0.2, 0.25) is 0 Å². The fraction of sp³-hybridized carbons (Fsp3) is 0.250. The van der Waals surface area contributed by atoms with Crippen molar-refractivity contribution in [2.24, 2.45) is 5.92 Å². The van der Waals surface area contributed by atoms with Crippen molar-refractivity contribution in [1.82, 2.24) is 19.6 Å². The summed E-state index contributed by atoms with van der Waals surface area (Å²) in [7, 11) is 0. The summed E-state index contributed by atoms with van der Waals surface area (Å²) in [6, 6.07) is 5.06. The Balaban J connectivity index is 1.56. The van der Waals surface area contributed by atoms with E-state index in [1.807, 2.05) is 17.5 Å². The van der Waals surface area contributed by atoms with E-state index < -0.39 is 23.2 Å². The zero-order valence-corrected chi connectivity index (χ0v) is 15.2. The first-order valence-corrected chi connectivity index (χ1v) is 9.11. The molecule has 0 saturated carbocycles. The van der Waals surface area contributed by atoms with Crippen LogP contribution in [0.4, 0.5) is 13.2 Å². The molecule has 0 amide bonds. The smallest absolute Gasteiger partial charge is 0.388 e. The van der Waals surface area contributed by atoms with E-state index >= 15 is 0 Å². The zero-order valence-electron chi connectivity index (χ0n) is 15.2. The van der Waals surface area contributed by atoms with Crippen molar-refractivity contribution in [2.45, 2.75) is 25.7 Å². The molecule has 0 fully saturated rings. The van der Waals surface area contributed by atoms with Crippen molar-refractivity contribution >= 4 is 5.65 Å². The molecule has 0 radical (unpaired) electrons. The van der Waals surface area contributed by atoms with Crippen molar-refractivity contribution in [3.05, 3.63) is 75.4 Å². The maximum Gasteiger partial charge on any atom is 0.434 e. The Morgan fingerprint density at radius 2 is 1.93 bits per heavy atom. The Morgan fingerprint density at radius 1 is 1.14 bits per heavy atom. The van der Waals surface area contributed by atoms with E-state index in [0.29, 0.717) is 30.1 Å². The normalized spacial score (nSPS) is 18.9. The molecule has 1 aliphatic carbocycles. The Bertz CT molecular complexity index is 1310. The summed E-state index contributed by atoms with van der Waals surface area (Å²) < 4.78 is 48.3. The van der Waals surface area contributed by atoms with Gasteiger partial charge in [-0.3, -0.25) is 0 Å². The van der Waals surface area contributed by atoms with Gasteiger partial charge in [0, 0.05) is 23.5 Å². The number of benzene rings is 1. The number of hydrogen-bond donors (Lipinski definition) is 1. The number of hydrogen-bond acceptors (Lipinski definition) is 4. The SMILES string of the molecule is CC1Cc2c(nc3cc(-c4n[nH]c(=O)o4)ccn23)CC1c1cc(F)c(F)cc1F. The number of imidazole rings is 1. The number of aromatic nitrogens is 4. The lowest BCUT2D eigenvalue weighted by atomic mass is 9.76. The van der Waals surface area contributed by atoms with Crippen molar-refractivity contribution in [1.29, 1.82) is 0 Å². The van der Waals surface area contributed by atoms with Crippen molar-refractivity contribution < 1.29 is 17.6 Å². The Kier molecular flexibility index (Phi) is 3.87. The van der Waals surface area contributed by atoms with Gasteiger partial charge in [-0.25, -0.2) is 28.0 Å². The van der Waals surface area contributed by atoms with Crippen LogP contribution in [0.5, 0.6) is 0 Å². The van der Waals surface area contributed by atoms with Gasteiger partial charge in [-0.15, -0.1) is 5.10 Å². The van der Waals surface area contributed by atoms with Gasteiger partial charge in [-0.1, -0.05) is 6.92 Å². The Morgan fingerprint density at radius 3 is 2.69 bits per heavy atom. The summed E-state index contributed by atoms with van der Waals surface area (Å²) in [6.45, 7) is 1.96. The molecule has 3 aromatic heterocycles. The second-order valence-electron chi connectivity index (χ2n) is 7.35. The number of nitrogens with zero attached hydrogens (tertiary/aromatic N) is 3. The molecular formula is C20H15F3N4O2. The average molecular weight is 400 g/mol. The van der Waals surface area contributed by atoms with E-state index in [9.17, 15) is 18.0 Å². The highest BCUT2D eigenvalue weighted by molar-refractivity contribution is 5.60. The molecule has 0 spiro atoms. The fourth-order valence-electron chi connectivity index (χ4n) is 4.11. The number of aromatic amines is 1. The van der Waals surface area contributed by atoms with Crippen molar-refractivity contribution in [3.8, 4) is 11.5 Å². The summed E-state index contributed by atoms with van der Waals surface area (Å²) >= 11 is 0. The number of nitrogens with one attached hydrogen (secondary N) is 1. The van der Waals surface area contributed by atoms with Gasteiger partial charge in [0.05, 0.1) is 5.69 Å². The molecule has 1 N–H and O–H groups in total. The number of pyridine rings is 1. The summed E-state index contributed by atoms with van der Waals surface area (Å²) in [4.78, 5) is 15.8. The van der Waals surface area contributed by atoms with Gasteiger partial charge >= 0.3 is 5.76 Å². The quantitative estimate of drug-likeness (QED) is 0.522. The van der Waals surface area contributed by atoms with E-state index in [1.165, 1.54) is 0 Å². The van der Waals surface area contributed by atoms with Crippen LogP contribution in [0.1, 0.15) is 29.8 Å². The van der Waals surface area contributed by atoms with Crippen LogP contribution >= 0.6 is 0 Å². The van der Waals surface area contributed by atoms with Crippen LogP contribution in [0, 0.1) is 23.4 Å². The minimum atomic E-state index is -1.19. The van der Waals surface area contributed by atoms with Gasteiger partial charge in [-0.2, -0.15) is 0 Å². The van der Waals surface area contributed by atoms with Crippen LogP contribution in [0.3, 0.4) is 0 Å². The molecule has 0 saturated heterocycles. The first-order chi connectivity index (χ1) is 13.9. The lowest BCUT2D eigenvalue weighted by Crippen LogP contribution is -2.23. The van der Waals surface area contributed by atoms with Gasteiger partial charge in [0.2, 0.25) is 5.89 Å². The molecule has 4 aromatic rings. The Hall–Kier alpha value is -3.36. The van der Waals surface area contributed by atoms with E-state index in [1.54, 1.807) is 12.1 Å². The molecule has 9 heteroatoms. The summed E-state index contributed by atoms with van der Waals surface area (Å²) in [5, 5.41) is 6.03. The lowest BCUT2D eigenvalue weighted by Gasteiger charge is -2.29. The lowest BCUT2D eigenvalue weighted by molar-refractivity contribution is 0.398. The van der Waals surface area contributed by atoms with Gasteiger partial charge in [0.15, 0.2) is 11.6 Å². The standard InChI is InChI=1S/C20H15F3N4O2/c1-9-4-17-16(7-11(9)12-6-14(22)15(23)8-13(12)21)24-18-5-10(2-3-27(17)18)19-25-26-20(28)29-19/h2-3,5-6,8-9,11H,4,7H2,1H3,(H,26,28). The largest absolute Gasteiger partial charge is 0.434 e. The molecule has 5 rings (SSSR count). The van der Waals surface area contributed by atoms with Crippen molar-refractivity contribution in [3.63, 3.8) is 0 Å². The van der Waals surface area contributed by atoms with Crippen LogP contribution in [-0.2, 0) is 12.8 Å². The predicted molar refractivity (Wildman–Crippen MR) is 96.9 cm³/mol. The summed E-state index contributed by atoms with van der Waals surface area (Å²) in [5.41, 5.74) is 3.16. The van der Waals surface area contributed by atoms with Crippen LogP contribution < -0.4 is 5.76 Å². The molecule has 0 aliphatic heterocycles. The van der Waals surface area contributed by atoms with Gasteiger partial charge in [0.1, 0.15) is 11.5 Å². The third-order valence-electron chi connectivity index (χ3n) is 5.55. The molecule has 3 heterocycles. The van der Waals surface area contributed by atoms with Crippen molar-refractivity contribution in [2.75, 3.05) is 0 Å². The number of halogens is 3. The van der Waals surface area contributed by atoms with Crippen LogP contribution in [0.15, 0.2) is 39.7 Å². The van der Waals surface area contributed by atoms with Gasteiger partial charge in [0.25, 0.3) is 0 Å². The number of rotatable bonds is 2. The van der Waals surface area contributed by atoms with E-state index in [4.69, 9.17) is 4.42 Å². The number of fused-ring (bicyclic) bond motifs is 3. The maximum atomic E-state index is 14.3. The zero-order chi connectivity index (χ0) is 20.3. The maximum absolute atomic E-state index is 14.3.